The molecule has 0 bridgehead atoms. The Morgan fingerprint density at radius 2 is 1.45 bits per heavy atom. The van der Waals surface area contributed by atoms with Gasteiger partial charge in [-0.1, -0.05) is 53.7 Å². The van der Waals surface area contributed by atoms with E-state index < -0.39 is 47.0 Å². The molecular formula is C31H48IN5O7. The van der Waals surface area contributed by atoms with Gasteiger partial charge in [-0.15, -0.1) is 0 Å². The number of hydrogen-bond acceptors (Lipinski definition) is 7. The summed E-state index contributed by atoms with van der Waals surface area (Å²) >= 11 is 2.14. The number of carbonyl (C=O) groups excluding carboxylic acids is 5. The summed E-state index contributed by atoms with van der Waals surface area (Å²) in [5.74, 6) is -6.37. The molecule has 44 heavy (non-hydrogen) atoms. The van der Waals surface area contributed by atoms with Crippen molar-refractivity contribution in [1.82, 2.24) is 26.2 Å². The molecule has 1 aromatic rings. The second-order valence-corrected chi connectivity index (χ2v) is 15.0. The van der Waals surface area contributed by atoms with Gasteiger partial charge in [0.05, 0.1) is 12.5 Å². The summed E-state index contributed by atoms with van der Waals surface area (Å²) in [6.07, 6.45) is 1.43. The lowest BCUT2D eigenvalue weighted by Crippen LogP contribution is -2.63. The van der Waals surface area contributed by atoms with Crippen LogP contribution in [0.2, 0.25) is 0 Å². The van der Waals surface area contributed by atoms with Crippen LogP contribution in [0.15, 0.2) is 24.3 Å². The fourth-order valence-electron chi connectivity index (χ4n) is 4.63. The molecule has 5 amide bonds. The summed E-state index contributed by atoms with van der Waals surface area (Å²) in [6.45, 7) is 13.3. The highest BCUT2D eigenvalue weighted by atomic mass is 127. The first kappa shape index (κ1) is 37.4. The van der Waals surface area contributed by atoms with Gasteiger partial charge in [0.25, 0.3) is 11.7 Å². The molecule has 1 aliphatic rings. The number of nitrogens with one attached hydrogen (secondary N) is 4. The van der Waals surface area contributed by atoms with Crippen LogP contribution in [0.1, 0.15) is 79.7 Å². The van der Waals surface area contributed by atoms with Crippen molar-refractivity contribution < 1.29 is 34.2 Å². The van der Waals surface area contributed by atoms with Gasteiger partial charge in [-0.05, 0) is 70.9 Å². The Balaban J connectivity index is 2.20. The van der Waals surface area contributed by atoms with Crippen LogP contribution in [-0.2, 0) is 30.5 Å². The highest BCUT2D eigenvalue weighted by molar-refractivity contribution is 14.1. The third-order valence-corrected chi connectivity index (χ3v) is 7.98. The first-order chi connectivity index (χ1) is 20.2. The van der Waals surface area contributed by atoms with Crippen molar-refractivity contribution in [2.45, 2.75) is 105 Å². The second kappa shape index (κ2) is 15.5. The van der Waals surface area contributed by atoms with E-state index in [0.29, 0.717) is 13.1 Å². The molecule has 0 unspecified atom stereocenters. The molecule has 1 heterocycles. The third-order valence-electron chi connectivity index (χ3n) is 7.26. The van der Waals surface area contributed by atoms with Crippen molar-refractivity contribution in [3.63, 3.8) is 0 Å². The number of halogens is 1. The first-order valence-electron chi connectivity index (χ1n) is 14.9. The van der Waals surface area contributed by atoms with Gasteiger partial charge in [0.1, 0.15) is 12.1 Å². The van der Waals surface area contributed by atoms with Gasteiger partial charge in [-0.3, -0.25) is 24.0 Å². The smallest absolute Gasteiger partial charge is 0.282 e. The van der Waals surface area contributed by atoms with Crippen LogP contribution in [0.4, 0.5) is 0 Å². The van der Waals surface area contributed by atoms with Crippen molar-refractivity contribution in [3.8, 4) is 0 Å². The van der Waals surface area contributed by atoms with E-state index in [1.54, 1.807) is 37.8 Å². The van der Waals surface area contributed by atoms with Crippen LogP contribution in [0.5, 0.6) is 0 Å². The molecule has 0 saturated carbocycles. The largest absolute Gasteiger partial charge is 0.357 e. The average molecular weight is 730 g/mol. The van der Waals surface area contributed by atoms with Crippen molar-refractivity contribution in [1.29, 1.82) is 0 Å². The van der Waals surface area contributed by atoms with Gasteiger partial charge in [-0.25, -0.2) is 0 Å². The summed E-state index contributed by atoms with van der Waals surface area (Å²) in [7, 11) is 0. The number of amides is 5. The van der Waals surface area contributed by atoms with E-state index in [2.05, 4.69) is 43.9 Å². The van der Waals surface area contributed by atoms with Gasteiger partial charge in [0.15, 0.2) is 0 Å². The highest BCUT2D eigenvalue weighted by Crippen LogP contribution is 2.23. The van der Waals surface area contributed by atoms with E-state index in [4.69, 9.17) is 0 Å². The van der Waals surface area contributed by atoms with Crippen molar-refractivity contribution >= 4 is 52.1 Å². The Morgan fingerprint density at radius 3 is 1.98 bits per heavy atom. The molecule has 1 aromatic carbocycles. The Morgan fingerprint density at radius 1 is 0.886 bits per heavy atom. The van der Waals surface area contributed by atoms with E-state index in [9.17, 15) is 34.2 Å². The topological polar surface area (TPSA) is 177 Å². The predicted molar refractivity (Wildman–Crippen MR) is 174 cm³/mol. The number of carbonyl (C=O) groups is 5. The lowest BCUT2D eigenvalue weighted by atomic mass is 9.85. The SMILES string of the molecule is C[C@H](NC(=O)[C@H](CC(=O)N1CCCC1)NC(=O)[C@@H](NC(=O)CC(C)(C)C)C(C)(C)C)C(O)(O)C(=O)NCc1ccc(I)cc1. The summed E-state index contributed by atoms with van der Waals surface area (Å²) in [4.78, 5) is 67.1. The van der Waals surface area contributed by atoms with Crippen LogP contribution in [-0.4, -0.2) is 81.7 Å². The van der Waals surface area contributed by atoms with Crippen LogP contribution in [0.25, 0.3) is 0 Å². The summed E-state index contributed by atoms with van der Waals surface area (Å²) in [6, 6.07) is 3.29. The molecule has 246 valence electrons. The third kappa shape index (κ3) is 11.6. The average Bonchev–Trinajstić information content (AvgIpc) is 3.44. The van der Waals surface area contributed by atoms with Crippen LogP contribution in [0, 0.1) is 14.4 Å². The minimum atomic E-state index is -3.00. The number of likely N-dealkylation sites (tertiary alicyclic amines) is 1. The highest BCUT2D eigenvalue weighted by Gasteiger charge is 2.42. The molecule has 12 nitrogen and oxygen atoms in total. The first-order valence-corrected chi connectivity index (χ1v) is 15.9. The zero-order valence-electron chi connectivity index (χ0n) is 26.8. The van der Waals surface area contributed by atoms with E-state index in [-0.39, 0.29) is 36.6 Å². The Bertz CT molecular complexity index is 1190. The van der Waals surface area contributed by atoms with Gasteiger partial charge in [0, 0.05) is 29.6 Å². The number of aliphatic hydroxyl groups is 2. The van der Waals surface area contributed by atoms with Gasteiger partial charge in [0.2, 0.25) is 23.6 Å². The molecule has 0 spiro atoms. The fourth-order valence-corrected chi connectivity index (χ4v) is 4.99. The lowest BCUT2D eigenvalue weighted by Gasteiger charge is -2.33. The zero-order chi connectivity index (χ0) is 33.5. The van der Waals surface area contributed by atoms with E-state index in [1.807, 2.05) is 32.9 Å². The predicted octanol–water partition coefficient (Wildman–Crippen LogP) is 1.56. The van der Waals surface area contributed by atoms with Gasteiger partial charge >= 0.3 is 0 Å². The van der Waals surface area contributed by atoms with Gasteiger partial charge < -0.3 is 36.4 Å². The van der Waals surface area contributed by atoms with E-state index in [1.165, 1.54) is 6.92 Å². The standard InChI is InChI=1S/C31H48IN5O7/c1-19(31(43,44)28(42)33-18-20-10-12-21(32)13-11-20)34-26(40)22(16-24(39)37-14-8-9-15-37)35-27(41)25(30(5,6)7)36-23(38)17-29(2,3)4/h10-13,19,22,25,43-44H,8-9,14-18H2,1-7H3,(H,33,42)(H,34,40)(H,35,41)(H,36,38)/t19-,22-,25+/m0/s1. The summed E-state index contributed by atoms with van der Waals surface area (Å²) in [5.41, 5.74) is -0.333. The Labute approximate surface area is 273 Å². The zero-order valence-corrected chi connectivity index (χ0v) is 28.9. The number of benzene rings is 1. The van der Waals surface area contributed by atoms with Crippen molar-refractivity contribution in [3.05, 3.63) is 33.4 Å². The maximum absolute atomic E-state index is 13.5. The normalized spacial score (nSPS) is 16.0. The molecule has 6 N–H and O–H groups in total. The molecule has 1 aliphatic heterocycles. The minimum absolute atomic E-state index is 0.0252. The maximum Gasteiger partial charge on any atom is 0.282 e. The maximum atomic E-state index is 13.5. The monoisotopic (exact) mass is 729 g/mol. The molecule has 0 aliphatic carbocycles. The Kier molecular flexibility index (Phi) is 13.2. The molecule has 0 aromatic heterocycles. The lowest BCUT2D eigenvalue weighted by molar-refractivity contribution is -0.195. The fraction of sp³-hybridized carbons (Fsp3) is 0.645. The number of nitrogens with zero attached hydrogens (tertiary/aromatic N) is 1. The molecule has 2 rings (SSSR count). The van der Waals surface area contributed by atoms with Crippen LogP contribution >= 0.6 is 22.6 Å². The van der Waals surface area contributed by atoms with E-state index in [0.717, 1.165) is 22.0 Å². The second-order valence-electron chi connectivity index (χ2n) is 13.7. The molecule has 1 saturated heterocycles. The van der Waals surface area contributed by atoms with Crippen molar-refractivity contribution in [2.75, 3.05) is 13.1 Å². The Hall–Kier alpha value is -2.78. The summed E-state index contributed by atoms with van der Waals surface area (Å²) in [5, 5.41) is 31.5. The molecule has 3 atom stereocenters. The number of hydrogen-bond donors (Lipinski definition) is 6. The van der Waals surface area contributed by atoms with Crippen molar-refractivity contribution in [2.24, 2.45) is 10.8 Å². The molecule has 1 fully saturated rings. The molecule has 0 radical (unpaired) electrons. The van der Waals surface area contributed by atoms with Crippen LogP contribution in [0.3, 0.4) is 0 Å². The minimum Gasteiger partial charge on any atom is -0.357 e. The van der Waals surface area contributed by atoms with Crippen LogP contribution < -0.4 is 21.3 Å². The van der Waals surface area contributed by atoms with E-state index >= 15 is 0 Å². The quantitative estimate of drug-likeness (QED) is 0.140. The van der Waals surface area contributed by atoms with Gasteiger partial charge in [-0.2, -0.15) is 0 Å². The number of rotatable bonds is 12. The molecule has 13 heteroatoms. The summed E-state index contributed by atoms with van der Waals surface area (Å²) < 4.78 is 0.999. The molecular weight excluding hydrogens is 681 g/mol.